The first-order chi connectivity index (χ1) is 51.9. The van der Waals surface area contributed by atoms with Gasteiger partial charge in [0.25, 0.3) is 0 Å². The van der Waals surface area contributed by atoms with Gasteiger partial charge in [-0.15, -0.1) is 0 Å². The molecule has 18 N–H and O–H groups in total. The van der Waals surface area contributed by atoms with Crippen molar-refractivity contribution in [3.63, 3.8) is 0 Å². The van der Waals surface area contributed by atoms with Crippen LogP contribution in [0.5, 0.6) is 0 Å². The second-order valence-electron chi connectivity index (χ2n) is 24.4. The molecular weight excluding hydrogens is 1480 g/mol. The van der Waals surface area contributed by atoms with Crippen molar-refractivity contribution in [2.45, 2.75) is 138 Å². The molecule has 41 nitrogen and oxygen atoms in total. The summed E-state index contributed by atoms with van der Waals surface area (Å²) >= 11 is 10.1. The number of aliphatic hydroxyl groups is 9. The van der Waals surface area contributed by atoms with Gasteiger partial charge in [0.2, 0.25) is 41.4 Å². The first-order valence-corrected chi connectivity index (χ1v) is 35.8. The summed E-state index contributed by atoms with van der Waals surface area (Å²) in [6, 6.07) is 3.38. The van der Waals surface area contributed by atoms with Crippen LogP contribution in [0.25, 0.3) is 0 Å². The number of anilines is 1. The molecule has 3 heterocycles. The van der Waals surface area contributed by atoms with Gasteiger partial charge in [0.1, 0.15) is 78.6 Å². The van der Waals surface area contributed by atoms with E-state index in [1.54, 1.807) is 24.3 Å². The van der Waals surface area contributed by atoms with E-state index in [0.717, 1.165) is 0 Å². The van der Waals surface area contributed by atoms with E-state index in [4.69, 9.17) is 83.3 Å². The molecule has 9 unspecified atom stereocenters. The Bertz CT molecular complexity index is 2620. The summed E-state index contributed by atoms with van der Waals surface area (Å²) in [4.78, 5) is 92.0. The average molecular weight is 1590 g/mol. The zero-order valence-corrected chi connectivity index (χ0v) is 62.3. The van der Waals surface area contributed by atoms with Crippen molar-refractivity contribution in [1.82, 2.24) is 42.5 Å². The number of thiocarbonyl (C=S) groups is 2. The largest absolute Gasteiger partial charge is 0.394 e. The van der Waals surface area contributed by atoms with Crippen LogP contribution in [0, 0.1) is 0 Å². The number of ether oxygens (including phenoxy) is 15. The SMILES string of the molecule is CC(=O)NC1C(O)[C@@H](O)C(CO)O[C@H]1OCCOCCOCCNC(=O)CCOCC(COCCC(=O)NCCOCCOCCO[C@@H]1OC(CO)[C@H](O)C(O)C1NC(C)=O)(COCCC(=O)NCCOCCOCCO[C@@H]1OC(CO)[C@H](O)C(O)C1NC(C)=O)NC(=O)CNC(=S)Nc1ccc(N=C=S)cc1. The lowest BCUT2D eigenvalue weighted by molar-refractivity contribution is -0.272. The standard InChI is InChI=1S/C65H108N10O31S2/c1-40(79)71-52-58(89)55(86)45(33-76)104-61(52)101-29-26-95-23-20-92-17-11-66-48(82)8-14-98-36-65(75-51(85)32-69-64(108)74-44-6-4-43(5-7-44)70-39-107,37-99-15-9-49(83)67-12-18-93-21-24-96-27-30-102-62-53(72-41(2)80)59(90)56(87)46(34-77)105-62)38-100-16-10-50(84)68-13-19-94-22-25-97-28-31-103-63-54(73-42(3)81)60(91)57(88)47(35-78)106-63/h4-7,45-47,52-63,76-78,86-91H,8-38H2,1-3H3,(H,66,82)(H,67,83)(H,68,84)(H,71,79)(H,72,80)(H,73,81)(H,75,85)(H2,69,74,108)/t45?,46?,47?,52?,53?,54?,55-,56-,57-,58?,59?,60?,61+,62+,63+,65?/m0/s1. The fourth-order valence-corrected chi connectivity index (χ4v) is 10.7. The summed E-state index contributed by atoms with van der Waals surface area (Å²) in [5, 5.41) is 117. The van der Waals surface area contributed by atoms with E-state index >= 15 is 0 Å². The number of carbonyl (C=O) groups is 7. The maximum Gasteiger partial charge on any atom is 0.240 e. The Morgan fingerprint density at radius 3 is 1.06 bits per heavy atom. The molecule has 0 bridgehead atoms. The number of hydrogen-bond acceptors (Lipinski definition) is 34. The molecular formula is C65H108N10O31S2. The maximum atomic E-state index is 13.9. The molecule has 1 aromatic rings. The van der Waals surface area contributed by atoms with Crippen molar-refractivity contribution in [3.8, 4) is 0 Å². The third-order valence-electron chi connectivity index (χ3n) is 15.8. The molecule has 7 amide bonds. The second kappa shape index (κ2) is 54.6. The highest BCUT2D eigenvalue weighted by Crippen LogP contribution is 2.25. The maximum absolute atomic E-state index is 13.9. The van der Waals surface area contributed by atoms with Crippen LogP contribution in [0.4, 0.5) is 11.4 Å². The van der Waals surface area contributed by atoms with E-state index in [2.05, 4.69) is 70.2 Å². The summed E-state index contributed by atoms with van der Waals surface area (Å²) in [5.74, 6) is -3.36. The van der Waals surface area contributed by atoms with Gasteiger partial charge in [0, 0.05) is 65.4 Å². The number of aliphatic imine (C=N–C) groups is 1. The minimum atomic E-state index is -1.53. The number of hydrogen-bond donors (Lipinski definition) is 18. The average Bonchev–Trinajstić information content (AvgIpc) is 0.820. The Kier molecular flexibility index (Phi) is 47.8. The van der Waals surface area contributed by atoms with Gasteiger partial charge >= 0.3 is 0 Å². The monoisotopic (exact) mass is 1590 g/mol. The smallest absolute Gasteiger partial charge is 0.240 e. The number of amides is 7. The molecule has 0 radical (unpaired) electrons. The minimum Gasteiger partial charge on any atom is -0.394 e. The molecule has 3 aliphatic heterocycles. The van der Waals surface area contributed by atoms with Gasteiger partial charge in [-0.05, 0) is 48.7 Å². The van der Waals surface area contributed by atoms with Crippen LogP contribution in [0.1, 0.15) is 40.0 Å². The third-order valence-corrected chi connectivity index (χ3v) is 16.1. The molecule has 0 spiro atoms. The molecule has 0 saturated carbocycles. The Labute approximate surface area is 634 Å². The Hall–Kier alpha value is -5.96. The fraction of sp³-hybridized carbons (Fsp3) is 0.769. The van der Waals surface area contributed by atoms with Crippen LogP contribution in [0.3, 0.4) is 0 Å². The molecule has 3 saturated heterocycles. The summed E-state index contributed by atoms with van der Waals surface area (Å²) in [6.07, 6.45) is -16.2. The molecule has 4 rings (SSSR count). The predicted octanol–water partition coefficient (Wildman–Crippen LogP) is -7.89. The van der Waals surface area contributed by atoms with Gasteiger partial charge < -0.3 is 165 Å². The highest BCUT2D eigenvalue weighted by Gasteiger charge is 2.48. The minimum absolute atomic E-state index is 0.0420. The Balaban J connectivity index is 1.28. The highest BCUT2D eigenvalue weighted by molar-refractivity contribution is 7.80. The lowest BCUT2D eigenvalue weighted by Crippen LogP contribution is -2.64. The second-order valence-corrected chi connectivity index (χ2v) is 25.0. The van der Waals surface area contributed by atoms with Gasteiger partial charge in [-0.3, -0.25) is 33.6 Å². The van der Waals surface area contributed by atoms with Gasteiger partial charge in [0.05, 0.1) is 176 Å². The van der Waals surface area contributed by atoms with Gasteiger partial charge in [0.15, 0.2) is 24.0 Å². The number of rotatable bonds is 56. The van der Waals surface area contributed by atoms with Gasteiger partial charge in [-0.2, -0.15) is 4.99 Å². The first-order valence-electron chi connectivity index (χ1n) is 35.0. The van der Waals surface area contributed by atoms with Crippen LogP contribution < -0.4 is 47.9 Å². The van der Waals surface area contributed by atoms with Crippen molar-refractivity contribution in [3.05, 3.63) is 24.3 Å². The van der Waals surface area contributed by atoms with Crippen molar-refractivity contribution < 1.29 is 151 Å². The molecule has 43 heteroatoms. The number of carbonyl (C=O) groups excluding carboxylic acids is 7. The zero-order chi connectivity index (χ0) is 79.1. The van der Waals surface area contributed by atoms with E-state index in [-0.39, 0.29) is 189 Å². The van der Waals surface area contributed by atoms with Crippen LogP contribution in [-0.2, 0) is 105 Å². The number of aliphatic hydroxyl groups excluding tert-OH is 9. The third kappa shape index (κ3) is 37.4. The topological polar surface area (TPSA) is 561 Å². The molecule has 15 atom stereocenters. The van der Waals surface area contributed by atoms with E-state index in [9.17, 15) is 79.5 Å². The fourth-order valence-electron chi connectivity index (χ4n) is 10.4. The van der Waals surface area contributed by atoms with E-state index in [0.29, 0.717) is 11.4 Å². The molecule has 616 valence electrons. The van der Waals surface area contributed by atoms with E-state index < -0.39 is 159 Å². The summed E-state index contributed by atoms with van der Waals surface area (Å²) in [5.41, 5.74) is -0.415. The molecule has 108 heavy (non-hydrogen) atoms. The summed E-state index contributed by atoms with van der Waals surface area (Å²) in [6.45, 7) is 1.47. The molecule has 1 aromatic carbocycles. The number of nitrogens with zero attached hydrogens (tertiary/aromatic N) is 1. The predicted molar refractivity (Wildman–Crippen MR) is 380 cm³/mol. The van der Waals surface area contributed by atoms with Crippen LogP contribution in [0.15, 0.2) is 29.3 Å². The van der Waals surface area contributed by atoms with Crippen LogP contribution >= 0.6 is 24.4 Å². The van der Waals surface area contributed by atoms with Crippen molar-refractivity contribution in [1.29, 1.82) is 0 Å². The van der Waals surface area contributed by atoms with Crippen molar-refractivity contribution >= 4 is 87.4 Å². The molecule has 3 aliphatic rings. The number of nitrogens with one attached hydrogen (secondary N) is 9. The lowest BCUT2D eigenvalue weighted by Gasteiger charge is -2.42. The van der Waals surface area contributed by atoms with Crippen molar-refractivity contribution in [2.24, 2.45) is 4.99 Å². The Morgan fingerprint density at radius 1 is 0.435 bits per heavy atom. The van der Waals surface area contributed by atoms with Crippen LogP contribution in [0.2, 0.25) is 0 Å². The van der Waals surface area contributed by atoms with Gasteiger partial charge in [-0.1, -0.05) is 0 Å². The van der Waals surface area contributed by atoms with Gasteiger partial charge in [-0.25, -0.2) is 0 Å². The first kappa shape index (κ1) is 94.4. The molecule has 0 aliphatic carbocycles. The summed E-state index contributed by atoms with van der Waals surface area (Å²) < 4.78 is 84.9. The zero-order valence-electron chi connectivity index (χ0n) is 60.7. The van der Waals surface area contributed by atoms with Crippen LogP contribution in [-0.4, -0.2) is 380 Å². The number of benzene rings is 1. The molecule has 0 aromatic heterocycles. The Morgan fingerprint density at radius 2 is 0.750 bits per heavy atom. The quantitative estimate of drug-likeness (QED) is 0.0164. The normalized spacial score (nSPS) is 24.6. The lowest BCUT2D eigenvalue weighted by atomic mass is 9.97. The van der Waals surface area contributed by atoms with E-state index in [1.807, 2.05) is 0 Å². The summed E-state index contributed by atoms with van der Waals surface area (Å²) in [7, 11) is 0. The van der Waals surface area contributed by atoms with Crippen molar-refractivity contribution in [2.75, 3.05) is 190 Å². The number of isothiocyanates is 1. The molecule has 3 fully saturated rings. The highest BCUT2D eigenvalue weighted by atomic mass is 32.1. The van der Waals surface area contributed by atoms with E-state index in [1.165, 1.54) is 20.8 Å².